The van der Waals surface area contributed by atoms with Crippen molar-refractivity contribution in [2.45, 2.75) is 0 Å². The van der Waals surface area contributed by atoms with Gasteiger partial charge in [0.2, 0.25) is 0 Å². The Labute approximate surface area is 53.9 Å². The van der Waals surface area contributed by atoms with Crippen LogP contribution in [0.1, 0.15) is 0 Å². The van der Waals surface area contributed by atoms with Gasteiger partial charge in [-0.05, 0) is 0 Å². The fourth-order valence-corrected chi connectivity index (χ4v) is 0. The van der Waals surface area contributed by atoms with Gasteiger partial charge in [-0.15, -0.1) is 0 Å². The van der Waals surface area contributed by atoms with E-state index in [4.69, 9.17) is 15.3 Å². The molecule has 0 bridgehead atoms. The van der Waals surface area contributed by atoms with Crippen LogP contribution >= 0.6 is 0 Å². The van der Waals surface area contributed by atoms with E-state index in [1.165, 1.54) is 0 Å². The van der Waals surface area contributed by atoms with Gasteiger partial charge in [-0.1, -0.05) is 0 Å². The molecule has 32 valence electrons. The van der Waals surface area contributed by atoms with Gasteiger partial charge in [-0.25, -0.2) is 0 Å². The van der Waals surface area contributed by atoms with Crippen molar-refractivity contribution in [1.82, 2.24) is 0 Å². The molecular formula is H2HgNO4+. The molecule has 0 aromatic carbocycles. The Morgan fingerprint density at radius 1 is 1.33 bits per heavy atom. The molecule has 0 saturated heterocycles. The molecule has 0 aliphatic heterocycles. The molecule has 0 fully saturated rings. The van der Waals surface area contributed by atoms with Gasteiger partial charge in [-0.3, -0.25) is 0 Å². The quantitative estimate of drug-likeness (QED) is 0.321. The standard InChI is InChI=1S/Hg.NO3.H2O/c;2-1(3)4;/h;;1H2/q+2;-1;. The Morgan fingerprint density at radius 2 is 1.33 bits per heavy atom. The number of hydrogen-bond donors (Lipinski definition) is 0. The van der Waals surface area contributed by atoms with Crippen molar-refractivity contribution in [3.8, 4) is 0 Å². The molecule has 0 aromatic rings. The predicted molar refractivity (Wildman–Crippen MR) is 14.0 cm³/mol. The van der Waals surface area contributed by atoms with Gasteiger partial charge >= 0.3 is 27.7 Å². The van der Waals surface area contributed by atoms with Crippen LogP contribution in [0.3, 0.4) is 0 Å². The van der Waals surface area contributed by atoms with E-state index in [1.54, 1.807) is 0 Å². The maximum atomic E-state index is 8.25. The second kappa shape index (κ2) is 8.92. The smallest absolute Gasteiger partial charge is 0.412 e. The molecule has 0 aromatic heterocycles. The van der Waals surface area contributed by atoms with Gasteiger partial charge in [0.1, 0.15) is 0 Å². The molecule has 0 radical (unpaired) electrons. The summed E-state index contributed by atoms with van der Waals surface area (Å²) in [6, 6.07) is 0. The molecule has 0 heterocycles. The Kier molecular flexibility index (Phi) is 24.6. The fraction of sp³-hybridized carbons (Fsp3) is 0. The van der Waals surface area contributed by atoms with Crippen LogP contribution in [0.15, 0.2) is 0 Å². The maximum Gasteiger partial charge on any atom is 2.00 e. The molecule has 6 heteroatoms. The van der Waals surface area contributed by atoms with Crippen molar-refractivity contribution in [1.29, 1.82) is 0 Å². The summed E-state index contributed by atoms with van der Waals surface area (Å²) in [5, 5.41) is 14.8. The monoisotopic (exact) mass is 282 g/mol. The van der Waals surface area contributed by atoms with E-state index in [2.05, 4.69) is 0 Å². The van der Waals surface area contributed by atoms with E-state index in [0.717, 1.165) is 0 Å². The third kappa shape index (κ3) is 4340. The first-order chi connectivity index (χ1) is 1.73. The van der Waals surface area contributed by atoms with Crippen molar-refractivity contribution in [3.05, 3.63) is 15.3 Å². The van der Waals surface area contributed by atoms with E-state index in [0.29, 0.717) is 0 Å². The molecule has 0 atom stereocenters. The summed E-state index contributed by atoms with van der Waals surface area (Å²) in [5.41, 5.74) is 0. The van der Waals surface area contributed by atoms with Gasteiger partial charge in [0.15, 0.2) is 0 Å². The minimum Gasteiger partial charge on any atom is -0.412 e. The molecule has 0 unspecified atom stereocenters. The molecule has 0 aliphatic rings. The number of nitrogens with zero attached hydrogens (tertiary/aromatic N) is 1. The van der Waals surface area contributed by atoms with Crippen molar-refractivity contribution in [2.75, 3.05) is 0 Å². The largest absolute Gasteiger partial charge is 2.00 e. The van der Waals surface area contributed by atoms with Crippen LogP contribution in [0.2, 0.25) is 0 Å². The molecule has 0 spiro atoms. The van der Waals surface area contributed by atoms with Gasteiger partial charge in [0, 0.05) is 0 Å². The molecule has 0 saturated carbocycles. The van der Waals surface area contributed by atoms with Crippen LogP contribution in [-0.4, -0.2) is 10.6 Å². The predicted octanol–water partition coefficient (Wildman–Crippen LogP) is -1.07. The Morgan fingerprint density at radius 3 is 1.33 bits per heavy atom. The zero-order valence-electron chi connectivity index (χ0n) is 2.88. The van der Waals surface area contributed by atoms with E-state index in [1.807, 2.05) is 0 Å². The fourth-order valence-electron chi connectivity index (χ4n) is 0. The number of hydrogen-bond acceptors (Lipinski definition) is 3. The molecule has 6 heavy (non-hydrogen) atoms. The van der Waals surface area contributed by atoms with Crippen LogP contribution in [-0.2, 0) is 27.7 Å². The summed E-state index contributed by atoms with van der Waals surface area (Å²) in [7, 11) is 0. The van der Waals surface area contributed by atoms with Crippen molar-refractivity contribution < 1.29 is 38.2 Å². The zero-order valence-corrected chi connectivity index (χ0v) is 8.38. The molecular weight excluding hydrogens is 279 g/mol. The van der Waals surface area contributed by atoms with Crippen LogP contribution in [0.25, 0.3) is 0 Å². The van der Waals surface area contributed by atoms with E-state index in [9.17, 15) is 0 Å². The maximum absolute atomic E-state index is 8.25. The molecule has 5 nitrogen and oxygen atoms in total. The molecule has 0 amide bonds. The van der Waals surface area contributed by atoms with E-state index in [-0.39, 0.29) is 33.1 Å². The minimum atomic E-state index is -1.75. The summed E-state index contributed by atoms with van der Waals surface area (Å²) < 4.78 is 0. The first-order valence-electron chi connectivity index (χ1n) is 0.548. The van der Waals surface area contributed by atoms with Gasteiger partial charge < -0.3 is 20.8 Å². The van der Waals surface area contributed by atoms with Crippen LogP contribution < -0.4 is 0 Å². The second-order valence-electron chi connectivity index (χ2n) is 0.224. The van der Waals surface area contributed by atoms with Crippen LogP contribution in [0.4, 0.5) is 0 Å². The summed E-state index contributed by atoms with van der Waals surface area (Å²) in [6.45, 7) is 0. The average molecular weight is 281 g/mol. The summed E-state index contributed by atoms with van der Waals surface area (Å²) in [5.74, 6) is 0. The molecule has 0 rings (SSSR count). The van der Waals surface area contributed by atoms with Gasteiger partial charge in [0.25, 0.3) is 0 Å². The zero-order chi connectivity index (χ0) is 3.58. The normalized spacial score (nSPS) is 4.00. The average Bonchev–Trinajstić information content (AvgIpc) is 0.811. The van der Waals surface area contributed by atoms with Crippen LogP contribution in [0, 0.1) is 15.3 Å². The topological polar surface area (TPSA) is 97.7 Å². The van der Waals surface area contributed by atoms with E-state index < -0.39 is 5.09 Å². The second-order valence-corrected chi connectivity index (χ2v) is 0.224. The third-order valence-electron chi connectivity index (χ3n) is 0. The summed E-state index contributed by atoms with van der Waals surface area (Å²) in [4.78, 5) is 8.25. The number of rotatable bonds is 0. The van der Waals surface area contributed by atoms with Crippen molar-refractivity contribution >= 4 is 0 Å². The molecule has 2 N–H and O–H groups in total. The molecule has 0 aliphatic carbocycles. The first-order valence-corrected chi connectivity index (χ1v) is 0.548. The Bertz CT molecular complexity index is 30.5. The third-order valence-corrected chi connectivity index (χ3v) is 0. The van der Waals surface area contributed by atoms with Gasteiger partial charge in [-0.2, -0.15) is 0 Å². The SMILES string of the molecule is O.O=[N+]([O-])[O-].[Hg+2]. The minimum absolute atomic E-state index is 0. The van der Waals surface area contributed by atoms with Crippen molar-refractivity contribution in [2.24, 2.45) is 0 Å². The Balaban J connectivity index is -0.0000000450. The van der Waals surface area contributed by atoms with Gasteiger partial charge in [0.05, 0.1) is 5.09 Å². The van der Waals surface area contributed by atoms with Crippen molar-refractivity contribution in [3.63, 3.8) is 0 Å². The summed E-state index contributed by atoms with van der Waals surface area (Å²) >= 11 is 0. The summed E-state index contributed by atoms with van der Waals surface area (Å²) in [6.07, 6.45) is 0. The first kappa shape index (κ1) is 16.5. The Hall–Kier alpha value is 0.0951. The van der Waals surface area contributed by atoms with Crippen LogP contribution in [0.5, 0.6) is 0 Å². The van der Waals surface area contributed by atoms with E-state index >= 15 is 0 Å².